The molecule has 0 aliphatic carbocycles. The van der Waals surface area contributed by atoms with Gasteiger partial charge < -0.3 is 5.32 Å². The van der Waals surface area contributed by atoms with Crippen molar-refractivity contribution < 1.29 is 9.90 Å². The van der Waals surface area contributed by atoms with E-state index in [0.717, 1.165) is 12.8 Å². The standard InChI is InChI=1S/C23H45NO2/c1-4-6-7-8-9-10-11-12-13-14-15-16-17-18-19-20-23(26)24-22(5-2)21(3)25/h21-22H,3-20H2,1-2H3,(H,24,26). The van der Waals surface area contributed by atoms with Crippen molar-refractivity contribution in [3.8, 4) is 0 Å². The molecular weight excluding hydrogens is 322 g/mol. The predicted molar refractivity (Wildman–Crippen MR) is 112 cm³/mol. The Bertz CT molecular complexity index is 305. The molecule has 0 fully saturated rings. The maximum absolute atomic E-state index is 11.8. The molecule has 2 radical (unpaired) electrons. The second-order valence-corrected chi connectivity index (χ2v) is 7.82. The molecule has 154 valence electrons. The van der Waals surface area contributed by atoms with Gasteiger partial charge >= 0.3 is 0 Å². The minimum Gasteiger partial charge on any atom is -0.351 e. The summed E-state index contributed by atoms with van der Waals surface area (Å²) in [6.07, 6.45) is 20.1. The summed E-state index contributed by atoms with van der Waals surface area (Å²) in [7, 11) is 0. The maximum atomic E-state index is 11.8. The van der Waals surface area contributed by atoms with Crippen LogP contribution in [0.2, 0.25) is 0 Å². The highest BCUT2D eigenvalue weighted by Crippen LogP contribution is 2.13. The fourth-order valence-corrected chi connectivity index (χ4v) is 3.39. The number of nitrogens with one attached hydrogen (secondary N) is 1. The first kappa shape index (κ1) is 25.4. The molecule has 0 bridgehead atoms. The van der Waals surface area contributed by atoms with Crippen molar-refractivity contribution in [3.05, 3.63) is 6.92 Å². The van der Waals surface area contributed by atoms with E-state index in [2.05, 4.69) is 19.2 Å². The SMILES string of the molecule is [CH2]C([O])C(CC)NC(=O)CCCCCCCCCCCCCCCCC. The summed E-state index contributed by atoms with van der Waals surface area (Å²) < 4.78 is 0. The van der Waals surface area contributed by atoms with Gasteiger partial charge in [-0.05, 0) is 19.8 Å². The van der Waals surface area contributed by atoms with Crippen LogP contribution in [0.5, 0.6) is 0 Å². The van der Waals surface area contributed by atoms with Crippen LogP contribution in [0, 0.1) is 6.92 Å². The first-order chi connectivity index (χ1) is 12.6. The molecule has 1 N–H and O–H groups in total. The lowest BCUT2D eigenvalue weighted by molar-refractivity contribution is -0.122. The monoisotopic (exact) mass is 367 g/mol. The summed E-state index contributed by atoms with van der Waals surface area (Å²) in [5.41, 5.74) is 0. The summed E-state index contributed by atoms with van der Waals surface area (Å²) in [5.74, 6) is 0.0102. The molecule has 2 unspecified atom stereocenters. The molecule has 0 spiro atoms. The summed E-state index contributed by atoms with van der Waals surface area (Å²) in [6.45, 7) is 7.65. The highest BCUT2D eigenvalue weighted by molar-refractivity contribution is 5.76. The Morgan fingerprint density at radius 2 is 1.12 bits per heavy atom. The van der Waals surface area contributed by atoms with Crippen molar-refractivity contribution >= 4 is 5.91 Å². The van der Waals surface area contributed by atoms with Gasteiger partial charge in [0.15, 0.2) is 0 Å². The lowest BCUT2D eigenvalue weighted by Crippen LogP contribution is -2.41. The Labute approximate surface area is 163 Å². The topological polar surface area (TPSA) is 49.0 Å². The average Bonchev–Trinajstić information content (AvgIpc) is 2.62. The summed E-state index contributed by atoms with van der Waals surface area (Å²) in [4.78, 5) is 11.8. The fourth-order valence-electron chi connectivity index (χ4n) is 3.39. The van der Waals surface area contributed by atoms with E-state index in [1.165, 1.54) is 83.5 Å². The molecule has 0 heterocycles. The van der Waals surface area contributed by atoms with E-state index in [9.17, 15) is 9.90 Å². The van der Waals surface area contributed by atoms with Crippen molar-refractivity contribution in [2.45, 2.75) is 135 Å². The van der Waals surface area contributed by atoms with Crippen LogP contribution in [0.15, 0.2) is 0 Å². The van der Waals surface area contributed by atoms with Gasteiger partial charge in [0.2, 0.25) is 5.91 Å². The van der Waals surface area contributed by atoms with E-state index in [1.807, 2.05) is 6.92 Å². The van der Waals surface area contributed by atoms with Crippen LogP contribution < -0.4 is 5.32 Å². The molecule has 3 heteroatoms. The molecule has 0 aliphatic rings. The quantitative estimate of drug-likeness (QED) is 0.251. The molecular formula is C23H45NO2. The lowest BCUT2D eigenvalue weighted by atomic mass is 10.0. The zero-order valence-corrected chi connectivity index (χ0v) is 17.7. The second kappa shape index (κ2) is 19.2. The highest BCUT2D eigenvalue weighted by Gasteiger charge is 2.16. The zero-order chi connectivity index (χ0) is 19.5. The van der Waals surface area contributed by atoms with Crippen molar-refractivity contribution in [2.24, 2.45) is 0 Å². The van der Waals surface area contributed by atoms with E-state index in [1.54, 1.807) is 0 Å². The van der Waals surface area contributed by atoms with Gasteiger partial charge in [0.05, 0.1) is 6.04 Å². The summed E-state index contributed by atoms with van der Waals surface area (Å²) in [5, 5.41) is 14.1. The smallest absolute Gasteiger partial charge is 0.220 e. The average molecular weight is 368 g/mol. The Kier molecular flexibility index (Phi) is 18.8. The van der Waals surface area contributed by atoms with Gasteiger partial charge in [-0.2, -0.15) is 0 Å². The van der Waals surface area contributed by atoms with E-state index < -0.39 is 6.10 Å². The minimum absolute atomic E-state index is 0.0102. The minimum atomic E-state index is -0.968. The number of rotatable bonds is 19. The molecule has 0 aliphatic heterocycles. The van der Waals surface area contributed by atoms with Crippen LogP contribution >= 0.6 is 0 Å². The number of unbranched alkanes of at least 4 members (excludes halogenated alkanes) is 14. The summed E-state index contributed by atoms with van der Waals surface area (Å²) >= 11 is 0. The molecule has 2 atom stereocenters. The van der Waals surface area contributed by atoms with Crippen LogP contribution in [0.1, 0.15) is 123 Å². The highest BCUT2D eigenvalue weighted by atomic mass is 16.3. The second-order valence-electron chi connectivity index (χ2n) is 7.82. The van der Waals surface area contributed by atoms with E-state index in [4.69, 9.17) is 0 Å². The molecule has 3 nitrogen and oxygen atoms in total. The van der Waals surface area contributed by atoms with Crippen LogP contribution in [0.25, 0.3) is 0 Å². The number of hydrogen-bond acceptors (Lipinski definition) is 1. The van der Waals surface area contributed by atoms with E-state index in [0.29, 0.717) is 12.8 Å². The van der Waals surface area contributed by atoms with Crippen molar-refractivity contribution in [2.75, 3.05) is 0 Å². The zero-order valence-electron chi connectivity index (χ0n) is 17.7. The number of amides is 1. The molecule has 0 aromatic rings. The molecule has 0 aromatic heterocycles. The van der Waals surface area contributed by atoms with E-state index >= 15 is 0 Å². The Morgan fingerprint density at radius 3 is 1.46 bits per heavy atom. The predicted octanol–water partition coefficient (Wildman–Crippen LogP) is 6.78. The number of carbonyl (C=O) groups excluding carboxylic acids is 1. The normalized spacial score (nSPS) is 13.5. The molecule has 0 rings (SSSR count). The van der Waals surface area contributed by atoms with Crippen molar-refractivity contribution in [1.82, 2.24) is 5.32 Å². The fraction of sp³-hybridized carbons (Fsp3) is 0.913. The lowest BCUT2D eigenvalue weighted by Gasteiger charge is -2.18. The van der Waals surface area contributed by atoms with Gasteiger partial charge in [-0.15, -0.1) is 0 Å². The number of carbonyl (C=O) groups is 1. The van der Waals surface area contributed by atoms with Gasteiger partial charge in [0, 0.05) is 6.42 Å². The molecule has 1 amide bonds. The van der Waals surface area contributed by atoms with Crippen molar-refractivity contribution in [3.63, 3.8) is 0 Å². The molecule has 0 saturated carbocycles. The van der Waals surface area contributed by atoms with Gasteiger partial charge in [-0.3, -0.25) is 4.79 Å². The van der Waals surface area contributed by atoms with E-state index in [-0.39, 0.29) is 11.9 Å². The Balaban J connectivity index is 3.25. The van der Waals surface area contributed by atoms with Crippen LogP contribution in [-0.4, -0.2) is 18.1 Å². The largest absolute Gasteiger partial charge is 0.351 e. The third kappa shape index (κ3) is 16.9. The molecule has 0 saturated heterocycles. The molecule has 0 aromatic carbocycles. The van der Waals surface area contributed by atoms with Gasteiger partial charge in [-0.25, -0.2) is 5.11 Å². The molecule has 26 heavy (non-hydrogen) atoms. The Morgan fingerprint density at radius 1 is 0.731 bits per heavy atom. The number of hydrogen-bond donors (Lipinski definition) is 1. The Hall–Kier alpha value is -0.570. The van der Waals surface area contributed by atoms with Crippen LogP contribution in [0.4, 0.5) is 0 Å². The van der Waals surface area contributed by atoms with Gasteiger partial charge in [0.1, 0.15) is 6.10 Å². The van der Waals surface area contributed by atoms with Gasteiger partial charge in [0.25, 0.3) is 0 Å². The maximum Gasteiger partial charge on any atom is 0.220 e. The van der Waals surface area contributed by atoms with Crippen LogP contribution in [-0.2, 0) is 9.90 Å². The first-order valence-electron chi connectivity index (χ1n) is 11.4. The van der Waals surface area contributed by atoms with Gasteiger partial charge in [-0.1, -0.05) is 104 Å². The third-order valence-corrected chi connectivity index (χ3v) is 5.24. The summed E-state index contributed by atoms with van der Waals surface area (Å²) in [6, 6.07) is -0.321. The van der Waals surface area contributed by atoms with Crippen LogP contribution in [0.3, 0.4) is 0 Å². The third-order valence-electron chi connectivity index (χ3n) is 5.24. The first-order valence-corrected chi connectivity index (χ1v) is 11.4. The van der Waals surface area contributed by atoms with Crippen molar-refractivity contribution in [1.29, 1.82) is 0 Å².